The number of nitrogens with one attached hydrogen (secondary N) is 1. The highest BCUT2D eigenvalue weighted by molar-refractivity contribution is 7.25. The first kappa shape index (κ1) is 39.8. The number of nitrogens with two attached hydrogens (primary N) is 1. The van der Waals surface area contributed by atoms with Crippen LogP contribution < -0.4 is 5.73 Å². The molecule has 9 rings (SSSR count). The first-order chi connectivity index (χ1) is 28.7. The zero-order valence-corrected chi connectivity index (χ0v) is 33.0. The summed E-state index contributed by atoms with van der Waals surface area (Å²) in [4.78, 5) is 0. The molecule has 0 bridgehead atoms. The van der Waals surface area contributed by atoms with E-state index in [9.17, 15) is 25.5 Å². The van der Waals surface area contributed by atoms with Gasteiger partial charge in [-0.3, -0.25) is 0 Å². The Morgan fingerprint density at radius 1 is 0.475 bits per heavy atom. The van der Waals surface area contributed by atoms with Crippen molar-refractivity contribution in [2.75, 3.05) is 0 Å². The number of hydrogen-bond donors (Lipinski definition) is 7. The third-order valence-corrected chi connectivity index (χ3v) is 11.1. The number of rotatable bonds is 6. The first-order valence-electron chi connectivity index (χ1n) is 18.9. The Kier molecular flexibility index (Phi) is 12.0. The lowest BCUT2D eigenvalue weighted by Gasteiger charge is -2.13. The van der Waals surface area contributed by atoms with Gasteiger partial charge < -0.3 is 36.7 Å². The molecular formula is C51H42N2O5S. The fraction of sp³-hybridized carbons (Fsp3) is 0.0392. The van der Waals surface area contributed by atoms with Crippen molar-refractivity contribution in [2.24, 2.45) is 5.73 Å². The van der Waals surface area contributed by atoms with Crippen LogP contribution >= 0.6 is 11.3 Å². The van der Waals surface area contributed by atoms with Crippen LogP contribution in [0, 0.1) is 12.3 Å². The number of phenolic OH excluding ortho intramolecular Hbond substituents is 5. The van der Waals surface area contributed by atoms with Crippen LogP contribution in [0.3, 0.4) is 0 Å². The van der Waals surface area contributed by atoms with Crippen molar-refractivity contribution in [3.05, 3.63) is 187 Å². The number of hydrogen-bond acceptors (Lipinski definition) is 8. The zero-order valence-electron chi connectivity index (χ0n) is 32.2. The minimum Gasteiger partial charge on any atom is -0.504 e. The fourth-order valence-corrected chi connectivity index (χ4v) is 7.94. The van der Waals surface area contributed by atoms with E-state index in [4.69, 9.17) is 11.1 Å². The van der Waals surface area contributed by atoms with E-state index in [1.807, 2.05) is 72.8 Å². The van der Waals surface area contributed by atoms with Gasteiger partial charge in [-0.25, -0.2) is 0 Å². The van der Waals surface area contributed by atoms with Gasteiger partial charge in [0.2, 0.25) is 17.2 Å². The highest BCUT2D eigenvalue weighted by Gasteiger charge is 2.24. The molecule has 0 aliphatic rings. The summed E-state index contributed by atoms with van der Waals surface area (Å²) in [7, 11) is 0. The van der Waals surface area contributed by atoms with Crippen LogP contribution in [0.15, 0.2) is 170 Å². The van der Waals surface area contributed by atoms with E-state index >= 15 is 0 Å². The van der Waals surface area contributed by atoms with Gasteiger partial charge in [-0.15, -0.1) is 11.3 Å². The summed E-state index contributed by atoms with van der Waals surface area (Å²) in [5, 5.41) is 60.1. The average Bonchev–Trinajstić information content (AvgIpc) is 3.67. The zero-order chi connectivity index (χ0) is 41.5. The van der Waals surface area contributed by atoms with Gasteiger partial charge in [-0.2, -0.15) is 0 Å². The molecule has 59 heavy (non-hydrogen) atoms. The summed E-state index contributed by atoms with van der Waals surface area (Å²) in [5.41, 5.74) is 15.2. The largest absolute Gasteiger partial charge is 0.504 e. The third kappa shape index (κ3) is 8.65. The molecule has 0 aliphatic carbocycles. The van der Waals surface area contributed by atoms with Gasteiger partial charge in [0.15, 0.2) is 11.5 Å². The molecule has 0 spiro atoms. The molecule has 0 saturated heterocycles. The van der Waals surface area contributed by atoms with E-state index in [0.29, 0.717) is 12.1 Å². The summed E-state index contributed by atoms with van der Waals surface area (Å²) < 4.78 is 2.38. The fourth-order valence-electron chi connectivity index (χ4n) is 6.82. The van der Waals surface area contributed by atoms with E-state index in [1.165, 1.54) is 26.7 Å². The van der Waals surface area contributed by atoms with Crippen LogP contribution in [-0.4, -0.2) is 31.7 Å². The lowest BCUT2D eigenvalue weighted by molar-refractivity contribution is 0.330. The van der Waals surface area contributed by atoms with Crippen molar-refractivity contribution in [3.8, 4) is 73.3 Å². The van der Waals surface area contributed by atoms with Gasteiger partial charge in [0.25, 0.3) is 0 Å². The molecule has 8 N–H and O–H groups in total. The topological polar surface area (TPSA) is 151 Å². The van der Waals surface area contributed by atoms with Crippen LogP contribution in [0.5, 0.6) is 28.7 Å². The minimum absolute atomic E-state index is 0.180. The minimum atomic E-state index is -0.985. The molecule has 8 heteroatoms. The van der Waals surface area contributed by atoms with Gasteiger partial charge in [0.05, 0.1) is 5.56 Å². The molecule has 1 heterocycles. The van der Waals surface area contributed by atoms with Crippen molar-refractivity contribution in [1.82, 2.24) is 0 Å². The molecule has 1 aromatic heterocycles. The molecule has 0 amide bonds. The Morgan fingerprint density at radius 2 is 0.949 bits per heavy atom. The van der Waals surface area contributed by atoms with Crippen molar-refractivity contribution >= 4 is 37.7 Å². The maximum atomic E-state index is 10.3. The quantitative estimate of drug-likeness (QED) is 0.0506. The van der Waals surface area contributed by atoms with Gasteiger partial charge in [0.1, 0.15) is 0 Å². The molecule has 0 aliphatic heterocycles. The summed E-state index contributed by atoms with van der Waals surface area (Å²) in [6.07, 6.45) is 1.42. The Balaban J connectivity index is 0.000000295. The number of aromatic hydroxyl groups is 5. The van der Waals surface area contributed by atoms with Crippen LogP contribution in [0.1, 0.15) is 16.7 Å². The lowest BCUT2D eigenvalue weighted by Crippen LogP contribution is -1.94. The summed E-state index contributed by atoms with van der Waals surface area (Å²) >= 11 is 1.74. The number of phenols is 5. The standard InChI is InChI=1S/C37H25NO5S.C7H9N.C7H8/c38-19-27-5-2-6-30-31(27)28-18-26(15-16-29(28)44-30)25-4-1-3-24(17-25)22-9-7-20(8-10-22)21-11-13-23(14-12-21)32-33(39)35(41)37(43)36(42)34(32)40;8-6-7-4-2-1-3-5-7;1-7-5-3-2-4-6-7/h1-19,38-43H;1-5H,6,8H2;2-6H,1H3. The van der Waals surface area contributed by atoms with Gasteiger partial charge in [0, 0.05) is 38.5 Å². The SMILES string of the molecule is Cc1ccccc1.N=Cc1cccc2sc3ccc(-c4cccc(-c5ccc(-c6ccc(-c7c(O)c(O)c(O)c(O)c7O)cc6)cc5)c4)cc3c12.NCc1ccccc1. The van der Waals surface area contributed by atoms with Crippen molar-refractivity contribution in [1.29, 1.82) is 5.41 Å². The van der Waals surface area contributed by atoms with E-state index in [1.54, 1.807) is 35.6 Å². The molecule has 292 valence electrons. The molecule has 7 nitrogen and oxygen atoms in total. The first-order valence-corrected chi connectivity index (χ1v) is 19.7. The second-order valence-electron chi connectivity index (χ2n) is 13.9. The normalized spacial score (nSPS) is 10.7. The van der Waals surface area contributed by atoms with Gasteiger partial charge in [-0.1, -0.05) is 151 Å². The highest BCUT2D eigenvalue weighted by atomic mass is 32.1. The third-order valence-electron chi connectivity index (χ3n) is 9.99. The Labute approximate surface area is 346 Å². The molecule has 0 saturated carbocycles. The van der Waals surface area contributed by atoms with Crippen LogP contribution in [0.2, 0.25) is 0 Å². The van der Waals surface area contributed by atoms with E-state index in [0.717, 1.165) is 49.7 Å². The molecule has 0 unspecified atom stereocenters. The molecule has 0 atom stereocenters. The predicted molar refractivity (Wildman–Crippen MR) is 243 cm³/mol. The highest BCUT2D eigenvalue weighted by Crippen LogP contribution is 2.54. The van der Waals surface area contributed by atoms with Crippen molar-refractivity contribution in [3.63, 3.8) is 0 Å². The van der Waals surface area contributed by atoms with E-state index in [2.05, 4.69) is 79.7 Å². The predicted octanol–water partition coefficient (Wildman–Crippen LogP) is 12.4. The Bertz CT molecular complexity index is 2850. The van der Waals surface area contributed by atoms with Crippen LogP contribution in [0.25, 0.3) is 64.7 Å². The second-order valence-corrected chi connectivity index (χ2v) is 15.0. The maximum Gasteiger partial charge on any atom is 0.208 e. The average molecular weight is 795 g/mol. The second kappa shape index (κ2) is 17.8. The number of fused-ring (bicyclic) bond motifs is 3. The smallest absolute Gasteiger partial charge is 0.208 e. The Hall–Kier alpha value is -7.39. The van der Waals surface area contributed by atoms with Crippen molar-refractivity contribution in [2.45, 2.75) is 13.5 Å². The summed E-state index contributed by atoms with van der Waals surface area (Å²) in [5.74, 6) is -4.25. The summed E-state index contributed by atoms with van der Waals surface area (Å²) in [6.45, 7) is 2.72. The summed E-state index contributed by atoms with van der Waals surface area (Å²) in [6, 6.07) is 56.3. The monoisotopic (exact) mass is 794 g/mol. The number of thiophene rings is 1. The van der Waals surface area contributed by atoms with Crippen molar-refractivity contribution < 1.29 is 25.5 Å². The molecule has 8 aromatic carbocycles. The number of benzene rings is 8. The molecule has 0 radical (unpaired) electrons. The number of aryl methyl sites for hydroxylation is 1. The lowest BCUT2D eigenvalue weighted by atomic mass is 9.95. The maximum absolute atomic E-state index is 10.3. The van der Waals surface area contributed by atoms with E-state index in [-0.39, 0.29) is 5.56 Å². The molecular weight excluding hydrogens is 753 g/mol. The molecule has 0 fully saturated rings. The molecule has 9 aromatic rings. The Morgan fingerprint density at radius 3 is 1.47 bits per heavy atom. The van der Waals surface area contributed by atoms with Gasteiger partial charge in [-0.05, 0) is 75.7 Å². The van der Waals surface area contributed by atoms with Gasteiger partial charge >= 0.3 is 0 Å². The van der Waals surface area contributed by atoms with Crippen LogP contribution in [0.4, 0.5) is 0 Å². The van der Waals surface area contributed by atoms with Crippen LogP contribution in [-0.2, 0) is 6.54 Å². The van der Waals surface area contributed by atoms with E-state index < -0.39 is 28.7 Å².